The van der Waals surface area contributed by atoms with Gasteiger partial charge in [0, 0.05) is 23.7 Å². The molecule has 0 saturated heterocycles. The zero-order valence-corrected chi connectivity index (χ0v) is 17.5. The van der Waals surface area contributed by atoms with Crippen molar-refractivity contribution in [2.24, 2.45) is 0 Å². The lowest BCUT2D eigenvalue weighted by Gasteiger charge is -2.10. The number of carbonyl (C=O) groups is 1. The Morgan fingerprint density at radius 1 is 1.17 bits per heavy atom. The van der Waals surface area contributed by atoms with E-state index in [1.54, 1.807) is 31.4 Å². The van der Waals surface area contributed by atoms with Crippen LogP contribution in [-0.2, 0) is 0 Å². The van der Waals surface area contributed by atoms with Crippen LogP contribution >= 0.6 is 11.6 Å². The highest BCUT2D eigenvalue weighted by Gasteiger charge is 2.24. The van der Waals surface area contributed by atoms with E-state index in [2.05, 4.69) is 15.5 Å². The Morgan fingerprint density at radius 3 is 2.41 bits per heavy atom. The summed E-state index contributed by atoms with van der Waals surface area (Å²) in [4.78, 5) is 12.5. The summed E-state index contributed by atoms with van der Waals surface area (Å²) in [6.45, 7) is 6.26. The van der Waals surface area contributed by atoms with Crippen LogP contribution < -0.4 is 10.1 Å². The van der Waals surface area contributed by atoms with E-state index in [4.69, 9.17) is 16.3 Å². The first-order valence-corrected chi connectivity index (χ1v) is 9.56. The lowest BCUT2D eigenvalue weighted by molar-refractivity contribution is 0.0951. The molecule has 2 aromatic carbocycles. The summed E-state index contributed by atoms with van der Waals surface area (Å²) < 4.78 is 5.18. The molecule has 0 atom stereocenters. The Morgan fingerprint density at radius 2 is 1.83 bits per heavy atom. The number of phenolic OH excluding ortho intramolecular Hbond substituents is 2. The summed E-state index contributed by atoms with van der Waals surface area (Å²) in [5.74, 6) is -0.116. The summed E-state index contributed by atoms with van der Waals surface area (Å²) in [7, 11) is 1.56. The summed E-state index contributed by atoms with van der Waals surface area (Å²) >= 11 is 6.00. The number of amides is 1. The fraction of sp³-hybridized carbons (Fsp3) is 0.238. The largest absolute Gasteiger partial charge is 0.507 e. The maximum atomic E-state index is 12.5. The van der Waals surface area contributed by atoms with Crippen LogP contribution in [0.5, 0.6) is 17.2 Å². The van der Waals surface area contributed by atoms with E-state index in [0.29, 0.717) is 29.1 Å². The normalized spacial score (nSPS) is 10.1. The average molecular weight is 418 g/mol. The fourth-order valence-electron chi connectivity index (χ4n) is 2.73. The lowest BCUT2D eigenvalue weighted by atomic mass is 9.97. The fourth-order valence-corrected chi connectivity index (χ4v) is 2.89. The second-order valence-electron chi connectivity index (χ2n) is 5.73. The molecule has 3 aromatic rings. The van der Waals surface area contributed by atoms with E-state index in [0.717, 1.165) is 6.07 Å². The molecule has 0 fully saturated rings. The van der Waals surface area contributed by atoms with Crippen molar-refractivity contribution in [3.05, 3.63) is 47.1 Å². The minimum atomic E-state index is -0.327. The number of aromatic amines is 1. The standard InChI is InChI=1S/C19H18ClN3O4.C2H6/c1-3-21-19(26)18-16(10-4-6-11(27-2)7-5-10)17(22-23-18)12-8-13(20)15(25)9-14(12)24;1-2/h4-9,24-25H,3H2,1-2H3,(H,21,26)(H,22,23);1-2H3. The van der Waals surface area contributed by atoms with Gasteiger partial charge in [-0.25, -0.2) is 0 Å². The maximum Gasteiger partial charge on any atom is 0.269 e. The minimum Gasteiger partial charge on any atom is -0.507 e. The minimum absolute atomic E-state index is 0.0611. The van der Waals surface area contributed by atoms with Crippen LogP contribution in [0.25, 0.3) is 22.4 Å². The van der Waals surface area contributed by atoms with Gasteiger partial charge >= 0.3 is 0 Å². The molecule has 0 aliphatic heterocycles. The number of nitrogens with one attached hydrogen (secondary N) is 2. The number of hydrogen-bond donors (Lipinski definition) is 4. The van der Waals surface area contributed by atoms with Gasteiger partial charge in [0.25, 0.3) is 5.91 Å². The number of H-pyrrole nitrogens is 1. The molecule has 3 rings (SSSR count). The van der Waals surface area contributed by atoms with Crippen LogP contribution in [0.1, 0.15) is 31.3 Å². The van der Waals surface area contributed by atoms with E-state index in [1.807, 2.05) is 20.8 Å². The Balaban J connectivity index is 0.00000145. The number of methoxy groups -OCH3 is 1. The van der Waals surface area contributed by atoms with Crippen LogP contribution in [0.3, 0.4) is 0 Å². The smallest absolute Gasteiger partial charge is 0.269 e. The van der Waals surface area contributed by atoms with E-state index in [-0.39, 0.29) is 33.7 Å². The summed E-state index contributed by atoms with van der Waals surface area (Å²) in [5, 5.41) is 29.7. The molecule has 4 N–H and O–H groups in total. The number of halogens is 1. The van der Waals surface area contributed by atoms with Gasteiger partial charge in [-0.2, -0.15) is 5.10 Å². The monoisotopic (exact) mass is 417 g/mol. The van der Waals surface area contributed by atoms with E-state index in [1.165, 1.54) is 6.07 Å². The number of hydrogen-bond acceptors (Lipinski definition) is 5. The highest BCUT2D eigenvalue weighted by Crippen LogP contribution is 2.41. The Bertz CT molecular complexity index is 984. The molecule has 154 valence electrons. The molecular formula is C21H24ClN3O4. The zero-order valence-electron chi connectivity index (χ0n) is 16.7. The molecule has 1 heterocycles. The number of aromatic nitrogens is 2. The van der Waals surface area contributed by atoms with Gasteiger partial charge in [0.05, 0.1) is 12.1 Å². The van der Waals surface area contributed by atoms with Gasteiger partial charge in [0.15, 0.2) is 0 Å². The van der Waals surface area contributed by atoms with Crippen LogP contribution in [0.15, 0.2) is 36.4 Å². The van der Waals surface area contributed by atoms with Crippen molar-refractivity contribution in [1.82, 2.24) is 15.5 Å². The summed E-state index contributed by atoms with van der Waals surface area (Å²) in [6, 6.07) is 9.63. The highest BCUT2D eigenvalue weighted by atomic mass is 35.5. The van der Waals surface area contributed by atoms with Crippen molar-refractivity contribution in [3.8, 4) is 39.6 Å². The molecule has 1 aromatic heterocycles. The molecule has 0 aliphatic rings. The number of aromatic hydroxyl groups is 2. The Hall–Kier alpha value is -3.19. The van der Waals surface area contributed by atoms with Gasteiger partial charge in [-0.15, -0.1) is 0 Å². The third-order valence-corrected chi connectivity index (χ3v) is 4.33. The zero-order chi connectivity index (χ0) is 21.6. The third-order valence-electron chi connectivity index (χ3n) is 4.03. The average Bonchev–Trinajstić information content (AvgIpc) is 3.17. The summed E-state index contributed by atoms with van der Waals surface area (Å²) in [5.41, 5.74) is 2.07. The summed E-state index contributed by atoms with van der Waals surface area (Å²) in [6.07, 6.45) is 0. The van der Waals surface area contributed by atoms with E-state index < -0.39 is 0 Å². The van der Waals surface area contributed by atoms with Gasteiger partial charge < -0.3 is 20.3 Å². The first-order valence-electron chi connectivity index (χ1n) is 9.19. The van der Waals surface area contributed by atoms with Crippen molar-refractivity contribution in [3.63, 3.8) is 0 Å². The van der Waals surface area contributed by atoms with E-state index in [9.17, 15) is 15.0 Å². The van der Waals surface area contributed by atoms with Crippen LogP contribution in [0, 0.1) is 0 Å². The van der Waals surface area contributed by atoms with Crippen LogP contribution in [-0.4, -0.2) is 40.0 Å². The number of ether oxygens (including phenoxy) is 1. The maximum absolute atomic E-state index is 12.5. The first kappa shape index (κ1) is 22.1. The Labute approximate surface area is 174 Å². The molecule has 29 heavy (non-hydrogen) atoms. The van der Waals surface area contributed by atoms with Crippen molar-refractivity contribution in [2.75, 3.05) is 13.7 Å². The lowest BCUT2D eigenvalue weighted by Crippen LogP contribution is -2.23. The van der Waals surface area contributed by atoms with Gasteiger partial charge in [-0.1, -0.05) is 37.6 Å². The van der Waals surface area contributed by atoms with Crippen molar-refractivity contribution in [2.45, 2.75) is 20.8 Å². The van der Waals surface area contributed by atoms with Gasteiger partial charge in [-0.3, -0.25) is 9.89 Å². The molecule has 0 aliphatic carbocycles. The van der Waals surface area contributed by atoms with Crippen LogP contribution in [0.4, 0.5) is 0 Å². The molecule has 1 amide bonds. The second kappa shape index (κ2) is 9.84. The molecule has 0 saturated carbocycles. The number of rotatable bonds is 5. The topological polar surface area (TPSA) is 107 Å². The molecule has 0 spiro atoms. The number of carbonyl (C=O) groups excluding carboxylic acids is 1. The SMILES string of the molecule is CC.CCNC(=O)c1[nH]nc(-c2cc(Cl)c(O)cc2O)c1-c1ccc(OC)cc1. The number of phenols is 2. The molecule has 0 radical (unpaired) electrons. The Kier molecular flexibility index (Phi) is 7.50. The van der Waals surface area contributed by atoms with Crippen molar-refractivity contribution < 1.29 is 19.7 Å². The second-order valence-corrected chi connectivity index (χ2v) is 6.14. The highest BCUT2D eigenvalue weighted by molar-refractivity contribution is 6.32. The van der Waals surface area contributed by atoms with Gasteiger partial charge in [0.2, 0.25) is 0 Å². The van der Waals surface area contributed by atoms with Crippen LogP contribution in [0.2, 0.25) is 5.02 Å². The van der Waals surface area contributed by atoms with Crippen molar-refractivity contribution in [1.29, 1.82) is 0 Å². The predicted octanol–water partition coefficient (Wildman–Crippen LogP) is 4.59. The molecule has 7 nitrogen and oxygen atoms in total. The number of nitrogens with zero attached hydrogens (tertiary/aromatic N) is 1. The van der Waals surface area contributed by atoms with E-state index >= 15 is 0 Å². The first-order chi connectivity index (χ1) is 14.0. The number of benzene rings is 2. The molecule has 0 bridgehead atoms. The third kappa shape index (κ3) is 4.63. The molecule has 0 unspecified atom stereocenters. The van der Waals surface area contributed by atoms with Crippen molar-refractivity contribution >= 4 is 17.5 Å². The van der Waals surface area contributed by atoms with Gasteiger partial charge in [0.1, 0.15) is 28.6 Å². The molecule has 8 heteroatoms. The predicted molar refractivity (Wildman–Crippen MR) is 114 cm³/mol. The quantitative estimate of drug-likeness (QED) is 0.485. The molecular weight excluding hydrogens is 394 g/mol. The van der Waals surface area contributed by atoms with Gasteiger partial charge in [-0.05, 0) is 30.7 Å².